The lowest BCUT2D eigenvalue weighted by atomic mass is 10.2. The molecule has 2 heterocycles. The maximum absolute atomic E-state index is 5.61. The van der Waals surface area contributed by atoms with Gasteiger partial charge in [0.2, 0.25) is 5.89 Å². The lowest BCUT2D eigenvalue weighted by Crippen LogP contribution is -1.80. The molecule has 18 heavy (non-hydrogen) atoms. The van der Waals surface area contributed by atoms with E-state index in [9.17, 15) is 0 Å². The molecular formula is C13H8BrN3O. The fraction of sp³-hybridized carbons (Fsp3) is 0. The monoisotopic (exact) mass is 301 g/mol. The minimum absolute atomic E-state index is 0.422. The van der Waals surface area contributed by atoms with Crippen LogP contribution >= 0.6 is 15.9 Å². The second-order valence-electron chi connectivity index (χ2n) is 3.64. The number of halogens is 1. The minimum atomic E-state index is 0.422. The summed E-state index contributed by atoms with van der Waals surface area (Å²) in [5.74, 6) is 0.905. The summed E-state index contributed by atoms with van der Waals surface area (Å²) in [6.07, 6.45) is 1.69. The molecular weight excluding hydrogens is 294 g/mol. The number of aromatic nitrogens is 3. The number of rotatable bonds is 2. The molecule has 0 bridgehead atoms. The Morgan fingerprint density at radius 3 is 2.61 bits per heavy atom. The number of hydrogen-bond acceptors (Lipinski definition) is 4. The average Bonchev–Trinajstić information content (AvgIpc) is 2.89. The van der Waals surface area contributed by atoms with Crippen molar-refractivity contribution in [3.63, 3.8) is 0 Å². The topological polar surface area (TPSA) is 51.8 Å². The van der Waals surface area contributed by atoms with Crippen molar-refractivity contribution in [3.05, 3.63) is 53.1 Å². The maximum atomic E-state index is 5.61. The highest BCUT2D eigenvalue weighted by Gasteiger charge is 2.10. The zero-order valence-electron chi connectivity index (χ0n) is 9.25. The molecule has 0 N–H and O–H groups in total. The highest BCUT2D eigenvalue weighted by Crippen LogP contribution is 2.24. The van der Waals surface area contributed by atoms with E-state index in [0.717, 1.165) is 10.0 Å². The van der Waals surface area contributed by atoms with Gasteiger partial charge in [0.1, 0.15) is 5.69 Å². The highest BCUT2D eigenvalue weighted by atomic mass is 79.9. The summed E-state index contributed by atoms with van der Waals surface area (Å²) < 4.78 is 6.58. The van der Waals surface area contributed by atoms with Crippen LogP contribution in [0, 0.1) is 0 Å². The molecule has 3 aromatic rings. The quantitative estimate of drug-likeness (QED) is 0.726. The predicted octanol–water partition coefficient (Wildman–Crippen LogP) is 3.56. The molecule has 3 rings (SSSR count). The van der Waals surface area contributed by atoms with Crippen molar-refractivity contribution >= 4 is 15.9 Å². The van der Waals surface area contributed by atoms with Gasteiger partial charge < -0.3 is 4.42 Å². The zero-order valence-corrected chi connectivity index (χ0v) is 10.8. The second kappa shape index (κ2) is 4.70. The summed E-state index contributed by atoms with van der Waals surface area (Å²) in [4.78, 5) is 4.17. The van der Waals surface area contributed by atoms with Crippen LogP contribution in [0.2, 0.25) is 0 Å². The van der Waals surface area contributed by atoms with E-state index in [0.29, 0.717) is 17.5 Å². The Morgan fingerprint density at radius 1 is 0.944 bits per heavy atom. The van der Waals surface area contributed by atoms with Gasteiger partial charge in [-0.2, -0.15) is 0 Å². The molecule has 0 saturated heterocycles. The molecule has 0 amide bonds. The van der Waals surface area contributed by atoms with E-state index in [1.54, 1.807) is 6.20 Å². The molecule has 0 atom stereocenters. The van der Waals surface area contributed by atoms with Gasteiger partial charge >= 0.3 is 0 Å². The lowest BCUT2D eigenvalue weighted by Gasteiger charge is -1.95. The maximum Gasteiger partial charge on any atom is 0.266 e. The average molecular weight is 302 g/mol. The van der Waals surface area contributed by atoms with Gasteiger partial charge in [-0.3, -0.25) is 4.98 Å². The summed E-state index contributed by atoms with van der Waals surface area (Å²) in [5.41, 5.74) is 1.55. The Balaban J connectivity index is 2.00. The fourth-order valence-corrected chi connectivity index (χ4v) is 1.95. The van der Waals surface area contributed by atoms with Gasteiger partial charge in [-0.05, 0) is 30.3 Å². The van der Waals surface area contributed by atoms with Crippen LogP contribution in [0.5, 0.6) is 0 Å². The molecule has 1 aromatic carbocycles. The normalized spacial score (nSPS) is 10.5. The van der Waals surface area contributed by atoms with E-state index < -0.39 is 0 Å². The third kappa shape index (κ3) is 2.17. The Hall–Kier alpha value is -2.01. The highest BCUT2D eigenvalue weighted by molar-refractivity contribution is 9.10. The van der Waals surface area contributed by atoms with Gasteiger partial charge in [-0.15, -0.1) is 10.2 Å². The molecule has 5 heteroatoms. The Bertz CT molecular complexity index is 667. The molecule has 88 valence electrons. The van der Waals surface area contributed by atoms with E-state index >= 15 is 0 Å². The first-order chi connectivity index (χ1) is 8.83. The second-order valence-corrected chi connectivity index (χ2v) is 4.55. The molecule has 0 spiro atoms. The van der Waals surface area contributed by atoms with Crippen LogP contribution in [-0.2, 0) is 0 Å². The number of nitrogens with zero attached hydrogens (tertiary/aromatic N) is 3. The van der Waals surface area contributed by atoms with E-state index in [2.05, 4.69) is 31.1 Å². The fourth-order valence-electron chi connectivity index (χ4n) is 1.55. The smallest absolute Gasteiger partial charge is 0.266 e. The molecule has 0 aliphatic heterocycles. The van der Waals surface area contributed by atoms with Gasteiger partial charge in [0.25, 0.3) is 5.89 Å². The van der Waals surface area contributed by atoms with Crippen LogP contribution in [0.4, 0.5) is 0 Å². The molecule has 0 fully saturated rings. The first-order valence-electron chi connectivity index (χ1n) is 5.34. The first-order valence-corrected chi connectivity index (χ1v) is 6.13. The van der Waals surface area contributed by atoms with Crippen LogP contribution in [0.1, 0.15) is 0 Å². The summed E-state index contributed by atoms with van der Waals surface area (Å²) in [6.45, 7) is 0. The molecule has 0 radical (unpaired) electrons. The number of hydrogen-bond donors (Lipinski definition) is 0. The zero-order chi connectivity index (χ0) is 12.4. The largest absolute Gasteiger partial charge is 0.415 e. The first kappa shape index (κ1) is 11.1. The SMILES string of the molecule is Brc1cccc(-c2nnc(-c3ccccn3)o2)c1. The number of pyridine rings is 1. The van der Waals surface area contributed by atoms with Crippen molar-refractivity contribution in [1.82, 2.24) is 15.2 Å². The van der Waals surface area contributed by atoms with Gasteiger partial charge in [0, 0.05) is 16.2 Å². The van der Waals surface area contributed by atoms with Crippen molar-refractivity contribution in [3.8, 4) is 23.0 Å². The van der Waals surface area contributed by atoms with Gasteiger partial charge in [0.15, 0.2) is 0 Å². The van der Waals surface area contributed by atoms with E-state index in [4.69, 9.17) is 4.42 Å². The Morgan fingerprint density at radius 2 is 1.83 bits per heavy atom. The summed E-state index contributed by atoms with van der Waals surface area (Å²) in [5, 5.41) is 8.02. The van der Waals surface area contributed by atoms with Crippen molar-refractivity contribution in [1.29, 1.82) is 0 Å². The van der Waals surface area contributed by atoms with Crippen molar-refractivity contribution in [2.24, 2.45) is 0 Å². The van der Waals surface area contributed by atoms with Crippen LogP contribution in [-0.4, -0.2) is 15.2 Å². The van der Waals surface area contributed by atoms with Crippen LogP contribution < -0.4 is 0 Å². The van der Waals surface area contributed by atoms with Crippen molar-refractivity contribution in [2.75, 3.05) is 0 Å². The van der Waals surface area contributed by atoms with E-state index in [1.165, 1.54) is 0 Å². The van der Waals surface area contributed by atoms with Gasteiger partial charge in [0.05, 0.1) is 0 Å². The van der Waals surface area contributed by atoms with Crippen LogP contribution in [0.25, 0.3) is 23.0 Å². The molecule has 2 aromatic heterocycles. The molecule has 4 nitrogen and oxygen atoms in total. The summed E-state index contributed by atoms with van der Waals surface area (Å²) in [7, 11) is 0. The predicted molar refractivity (Wildman–Crippen MR) is 70.7 cm³/mol. The Labute approximate surface area is 112 Å². The van der Waals surface area contributed by atoms with Gasteiger partial charge in [-0.25, -0.2) is 0 Å². The molecule has 0 aliphatic rings. The number of benzene rings is 1. The summed E-state index contributed by atoms with van der Waals surface area (Å²) in [6, 6.07) is 13.3. The van der Waals surface area contributed by atoms with Crippen LogP contribution in [0.3, 0.4) is 0 Å². The van der Waals surface area contributed by atoms with Crippen molar-refractivity contribution < 1.29 is 4.42 Å². The molecule has 0 unspecified atom stereocenters. The van der Waals surface area contributed by atoms with E-state index in [-0.39, 0.29) is 0 Å². The van der Waals surface area contributed by atoms with E-state index in [1.807, 2.05) is 42.5 Å². The van der Waals surface area contributed by atoms with Gasteiger partial charge in [-0.1, -0.05) is 28.1 Å². The van der Waals surface area contributed by atoms with Crippen LogP contribution in [0.15, 0.2) is 57.6 Å². The lowest BCUT2D eigenvalue weighted by molar-refractivity contribution is 0.582. The molecule has 0 saturated carbocycles. The molecule has 0 aliphatic carbocycles. The minimum Gasteiger partial charge on any atom is -0.415 e. The third-order valence-electron chi connectivity index (χ3n) is 2.38. The summed E-state index contributed by atoms with van der Waals surface area (Å²) >= 11 is 3.41. The van der Waals surface area contributed by atoms with Crippen molar-refractivity contribution in [2.45, 2.75) is 0 Å². The standard InChI is InChI=1S/C13H8BrN3O/c14-10-5-3-4-9(8-10)12-16-17-13(18-12)11-6-1-2-7-15-11/h1-8H. The third-order valence-corrected chi connectivity index (χ3v) is 2.87. The Kier molecular flexibility index (Phi) is 2.90.